The van der Waals surface area contributed by atoms with Crippen LogP contribution in [0.5, 0.6) is 5.75 Å². The maximum absolute atomic E-state index is 11.2. The first-order valence-electron chi connectivity index (χ1n) is 4.79. The zero-order valence-corrected chi connectivity index (χ0v) is 11.0. The van der Waals surface area contributed by atoms with Crippen molar-refractivity contribution in [2.45, 2.75) is 13.0 Å². The van der Waals surface area contributed by atoms with Crippen molar-refractivity contribution in [3.63, 3.8) is 0 Å². The molecule has 1 unspecified atom stereocenters. The Labute approximate surface area is 110 Å². The Bertz CT molecular complexity index is 450. The molecule has 0 spiro atoms. The number of methoxy groups -OCH3 is 1. The molecule has 17 heavy (non-hydrogen) atoms. The molecule has 1 rings (SSSR count). The van der Waals surface area contributed by atoms with Crippen molar-refractivity contribution in [1.82, 2.24) is 0 Å². The summed E-state index contributed by atoms with van der Waals surface area (Å²) in [6, 6.07) is 4.87. The van der Waals surface area contributed by atoms with E-state index in [-0.39, 0.29) is 4.99 Å². The molecule has 0 aliphatic rings. The van der Waals surface area contributed by atoms with Crippen LogP contribution in [0.4, 0.5) is 0 Å². The van der Waals surface area contributed by atoms with Crippen LogP contribution in [-0.4, -0.2) is 24.2 Å². The van der Waals surface area contributed by atoms with E-state index < -0.39 is 12.1 Å². The zero-order chi connectivity index (χ0) is 13.0. The minimum Gasteiger partial charge on any atom is -0.477 e. The third-order valence-electron chi connectivity index (χ3n) is 2.05. The Morgan fingerprint density at radius 3 is 2.65 bits per heavy atom. The van der Waals surface area contributed by atoms with Crippen molar-refractivity contribution >= 4 is 34.8 Å². The summed E-state index contributed by atoms with van der Waals surface area (Å²) in [6.07, 6.45) is -0.729. The number of carbonyl (C=O) groups excluding carboxylic acids is 1. The second kappa shape index (κ2) is 5.84. The lowest BCUT2D eigenvalue weighted by molar-refractivity contribution is -0.147. The van der Waals surface area contributed by atoms with Crippen LogP contribution in [0, 0.1) is 0 Å². The first-order valence-corrected chi connectivity index (χ1v) is 5.58. The van der Waals surface area contributed by atoms with Gasteiger partial charge in [0, 0.05) is 5.56 Å². The van der Waals surface area contributed by atoms with Crippen molar-refractivity contribution < 1.29 is 14.3 Å². The second-order valence-corrected chi connectivity index (χ2v) is 4.14. The molecular weight excluding hydrogens is 262 g/mol. The minimum atomic E-state index is -0.729. The maximum Gasteiger partial charge on any atom is 0.346 e. The highest BCUT2D eigenvalue weighted by Gasteiger charge is 2.16. The summed E-state index contributed by atoms with van der Waals surface area (Å²) in [6.45, 7) is 1.57. The maximum atomic E-state index is 11.2. The Hall–Kier alpha value is -1.33. The van der Waals surface area contributed by atoms with E-state index in [1.165, 1.54) is 7.11 Å². The third kappa shape index (κ3) is 3.57. The molecule has 1 atom stereocenters. The molecule has 2 N–H and O–H groups in total. The second-order valence-electron chi connectivity index (χ2n) is 3.29. The molecule has 1 aromatic rings. The molecule has 0 saturated heterocycles. The molecule has 0 amide bonds. The smallest absolute Gasteiger partial charge is 0.346 e. The van der Waals surface area contributed by atoms with E-state index in [0.717, 1.165) is 0 Å². The van der Waals surface area contributed by atoms with Crippen LogP contribution in [0.3, 0.4) is 0 Å². The number of hydrogen-bond acceptors (Lipinski definition) is 4. The first-order chi connectivity index (χ1) is 7.95. The number of carbonyl (C=O) groups is 1. The fourth-order valence-electron chi connectivity index (χ4n) is 1.15. The molecule has 0 bridgehead atoms. The summed E-state index contributed by atoms with van der Waals surface area (Å²) in [5.41, 5.74) is 6.10. The van der Waals surface area contributed by atoms with Crippen molar-refractivity contribution in [1.29, 1.82) is 0 Å². The van der Waals surface area contributed by atoms with Gasteiger partial charge in [0.15, 0.2) is 6.10 Å². The number of halogens is 1. The molecule has 1 aromatic carbocycles. The highest BCUT2D eigenvalue weighted by atomic mass is 35.5. The summed E-state index contributed by atoms with van der Waals surface area (Å²) in [4.78, 5) is 11.4. The number of hydrogen-bond donors (Lipinski definition) is 1. The molecule has 6 heteroatoms. The summed E-state index contributed by atoms with van der Waals surface area (Å²) in [5, 5.41) is 0.339. The molecule has 0 fully saturated rings. The van der Waals surface area contributed by atoms with Crippen molar-refractivity contribution in [2.75, 3.05) is 7.11 Å². The predicted molar refractivity (Wildman–Crippen MR) is 69.4 cm³/mol. The fraction of sp³-hybridized carbons (Fsp3) is 0.273. The van der Waals surface area contributed by atoms with Gasteiger partial charge in [0.25, 0.3) is 0 Å². The average molecular weight is 274 g/mol. The molecule has 0 aliphatic heterocycles. The number of nitrogens with two attached hydrogens (primary N) is 1. The third-order valence-corrected chi connectivity index (χ3v) is 2.58. The Morgan fingerprint density at radius 1 is 1.53 bits per heavy atom. The molecule has 0 aromatic heterocycles. The molecule has 4 nitrogen and oxygen atoms in total. The normalized spacial score (nSPS) is 11.7. The Kier molecular flexibility index (Phi) is 4.72. The Balaban J connectivity index is 2.86. The van der Waals surface area contributed by atoms with Crippen LogP contribution < -0.4 is 10.5 Å². The van der Waals surface area contributed by atoms with Gasteiger partial charge in [0.1, 0.15) is 10.7 Å². The van der Waals surface area contributed by atoms with E-state index in [4.69, 9.17) is 34.3 Å². The van der Waals surface area contributed by atoms with Gasteiger partial charge in [-0.2, -0.15) is 0 Å². The van der Waals surface area contributed by atoms with Gasteiger partial charge in [-0.15, -0.1) is 0 Å². The molecule has 92 valence electrons. The van der Waals surface area contributed by atoms with Crippen molar-refractivity contribution in [3.8, 4) is 5.75 Å². The highest BCUT2D eigenvalue weighted by Crippen LogP contribution is 2.26. The number of benzene rings is 1. The SMILES string of the molecule is COC(=O)C(C)Oc1ccc(C(N)=S)cc1Cl. The van der Waals surface area contributed by atoms with Gasteiger partial charge >= 0.3 is 5.97 Å². The Morgan fingerprint density at radius 2 is 2.18 bits per heavy atom. The monoisotopic (exact) mass is 273 g/mol. The molecule has 0 radical (unpaired) electrons. The number of esters is 1. The largest absolute Gasteiger partial charge is 0.477 e. The fourth-order valence-corrected chi connectivity index (χ4v) is 1.51. The van der Waals surface area contributed by atoms with E-state index >= 15 is 0 Å². The standard InChI is InChI=1S/C11H12ClNO3S/c1-6(11(14)15-2)16-9-4-3-7(10(13)17)5-8(9)12/h3-6H,1-2H3,(H2,13,17). The minimum absolute atomic E-state index is 0.250. The molecule has 0 saturated carbocycles. The number of ether oxygens (including phenoxy) is 2. The van der Waals surface area contributed by atoms with E-state index in [1.807, 2.05) is 0 Å². The van der Waals surface area contributed by atoms with Gasteiger partial charge in [-0.05, 0) is 25.1 Å². The van der Waals surface area contributed by atoms with Gasteiger partial charge in [0.05, 0.1) is 12.1 Å². The number of thiocarbonyl (C=S) groups is 1. The summed E-state index contributed by atoms with van der Waals surface area (Å²) < 4.78 is 9.88. The van der Waals surface area contributed by atoms with Crippen molar-refractivity contribution in [2.24, 2.45) is 5.73 Å². The average Bonchev–Trinajstić information content (AvgIpc) is 2.30. The van der Waals surface area contributed by atoms with Gasteiger partial charge in [-0.25, -0.2) is 4.79 Å². The van der Waals surface area contributed by atoms with Crippen molar-refractivity contribution in [3.05, 3.63) is 28.8 Å². The quantitative estimate of drug-likeness (QED) is 0.671. The molecule has 0 aliphatic carbocycles. The van der Waals surface area contributed by atoms with E-state index in [0.29, 0.717) is 16.3 Å². The van der Waals surface area contributed by atoms with Gasteiger partial charge in [-0.1, -0.05) is 23.8 Å². The lowest BCUT2D eigenvalue weighted by atomic mass is 10.2. The van der Waals surface area contributed by atoms with Crippen LogP contribution in [0.1, 0.15) is 12.5 Å². The lowest BCUT2D eigenvalue weighted by Gasteiger charge is -2.14. The van der Waals surface area contributed by atoms with Crippen LogP contribution in [-0.2, 0) is 9.53 Å². The van der Waals surface area contributed by atoms with Gasteiger partial charge < -0.3 is 15.2 Å². The van der Waals surface area contributed by atoms with Gasteiger partial charge in [-0.3, -0.25) is 0 Å². The first kappa shape index (κ1) is 13.7. The summed E-state index contributed by atoms with van der Waals surface area (Å²) in [5.74, 6) is -0.0935. The van der Waals surface area contributed by atoms with Crippen LogP contribution in [0.25, 0.3) is 0 Å². The summed E-state index contributed by atoms with van der Waals surface area (Å²) >= 11 is 10.8. The van der Waals surface area contributed by atoms with Crippen LogP contribution >= 0.6 is 23.8 Å². The molecule has 0 heterocycles. The zero-order valence-electron chi connectivity index (χ0n) is 9.40. The summed E-state index contributed by atoms with van der Waals surface area (Å²) in [7, 11) is 1.29. The van der Waals surface area contributed by atoms with Crippen LogP contribution in [0.15, 0.2) is 18.2 Å². The van der Waals surface area contributed by atoms with Crippen LogP contribution in [0.2, 0.25) is 5.02 Å². The van der Waals surface area contributed by atoms with E-state index in [9.17, 15) is 4.79 Å². The predicted octanol–water partition coefficient (Wildman–Crippen LogP) is 1.91. The lowest BCUT2D eigenvalue weighted by Crippen LogP contribution is -2.25. The van der Waals surface area contributed by atoms with Gasteiger partial charge in [0.2, 0.25) is 0 Å². The highest BCUT2D eigenvalue weighted by molar-refractivity contribution is 7.80. The topological polar surface area (TPSA) is 61.5 Å². The molecular formula is C11H12ClNO3S. The number of rotatable bonds is 4. The van der Waals surface area contributed by atoms with E-state index in [1.54, 1.807) is 25.1 Å². The van der Waals surface area contributed by atoms with E-state index in [2.05, 4.69) is 4.74 Å².